The Morgan fingerprint density at radius 3 is 2.76 bits per heavy atom. The van der Waals surface area contributed by atoms with Crippen LogP contribution in [0.4, 0.5) is 0 Å². The number of thiophene rings is 1. The SMILES string of the molecule is CN1CCOC2(CCN(Cc3ccc(Cl)s3)CC2)CC1=O. The molecule has 0 bridgehead atoms. The van der Waals surface area contributed by atoms with Crippen molar-refractivity contribution in [3.8, 4) is 0 Å². The van der Waals surface area contributed by atoms with Gasteiger partial charge in [-0.05, 0) is 25.0 Å². The third-order valence-corrected chi connectivity index (χ3v) is 5.73. The van der Waals surface area contributed by atoms with E-state index in [1.165, 1.54) is 4.88 Å². The summed E-state index contributed by atoms with van der Waals surface area (Å²) in [4.78, 5) is 17.6. The molecule has 0 atom stereocenters. The van der Waals surface area contributed by atoms with Crippen molar-refractivity contribution in [1.82, 2.24) is 9.80 Å². The van der Waals surface area contributed by atoms with Crippen LogP contribution in [-0.4, -0.2) is 54.6 Å². The number of ether oxygens (including phenoxy) is 1. The minimum atomic E-state index is -0.231. The summed E-state index contributed by atoms with van der Waals surface area (Å²) >= 11 is 7.62. The van der Waals surface area contributed by atoms with Gasteiger partial charge in [-0.15, -0.1) is 11.3 Å². The number of nitrogens with zero attached hydrogens (tertiary/aromatic N) is 2. The van der Waals surface area contributed by atoms with Gasteiger partial charge in [-0.3, -0.25) is 9.69 Å². The van der Waals surface area contributed by atoms with E-state index in [1.807, 2.05) is 13.1 Å². The van der Waals surface area contributed by atoms with Crippen molar-refractivity contribution in [3.05, 3.63) is 21.3 Å². The van der Waals surface area contributed by atoms with E-state index in [9.17, 15) is 4.79 Å². The molecule has 2 saturated heterocycles. The van der Waals surface area contributed by atoms with Crippen LogP contribution in [0.2, 0.25) is 4.34 Å². The number of carbonyl (C=O) groups is 1. The highest BCUT2D eigenvalue weighted by Gasteiger charge is 2.39. The molecular weight excluding hydrogens is 308 g/mol. The smallest absolute Gasteiger partial charge is 0.225 e. The molecule has 1 aromatic rings. The van der Waals surface area contributed by atoms with E-state index >= 15 is 0 Å². The van der Waals surface area contributed by atoms with Crippen molar-refractivity contribution in [2.75, 3.05) is 33.3 Å². The highest BCUT2D eigenvalue weighted by molar-refractivity contribution is 7.16. The highest BCUT2D eigenvalue weighted by atomic mass is 35.5. The van der Waals surface area contributed by atoms with Gasteiger partial charge in [0.05, 0.1) is 23.0 Å². The molecular formula is C15H21ClN2O2S. The first-order chi connectivity index (χ1) is 10.1. The van der Waals surface area contributed by atoms with E-state index in [-0.39, 0.29) is 11.5 Å². The Hall–Kier alpha value is -0.620. The normalized spacial score (nSPS) is 23.5. The number of likely N-dealkylation sites (N-methyl/N-ethyl adjacent to an activating group) is 1. The van der Waals surface area contributed by atoms with Gasteiger partial charge in [0.15, 0.2) is 0 Å². The summed E-state index contributed by atoms with van der Waals surface area (Å²) in [5.41, 5.74) is -0.231. The molecule has 21 heavy (non-hydrogen) atoms. The molecule has 6 heteroatoms. The lowest BCUT2D eigenvalue weighted by Crippen LogP contribution is -2.46. The third-order valence-electron chi connectivity index (χ3n) is 4.51. The van der Waals surface area contributed by atoms with Crippen LogP contribution in [0, 0.1) is 0 Å². The van der Waals surface area contributed by atoms with Gasteiger partial charge in [0, 0.05) is 38.1 Å². The quantitative estimate of drug-likeness (QED) is 0.836. The first kappa shape index (κ1) is 15.3. The summed E-state index contributed by atoms with van der Waals surface area (Å²) in [5.74, 6) is 0.214. The van der Waals surface area contributed by atoms with Crippen molar-refractivity contribution in [2.24, 2.45) is 0 Å². The van der Waals surface area contributed by atoms with Crippen molar-refractivity contribution >= 4 is 28.8 Å². The summed E-state index contributed by atoms with van der Waals surface area (Å²) in [6, 6.07) is 4.05. The standard InChI is InChI=1S/C15H21ClN2O2S/c1-17-8-9-20-15(10-14(17)19)4-6-18(7-5-15)11-12-2-3-13(16)21-12/h2-3H,4-11H2,1H3. The van der Waals surface area contributed by atoms with E-state index in [0.717, 1.165) is 36.8 Å². The molecule has 3 heterocycles. The molecule has 116 valence electrons. The summed E-state index contributed by atoms with van der Waals surface area (Å²) in [6.45, 7) is 4.26. The van der Waals surface area contributed by atoms with Crippen LogP contribution in [-0.2, 0) is 16.1 Å². The maximum Gasteiger partial charge on any atom is 0.225 e. The fourth-order valence-electron chi connectivity index (χ4n) is 3.08. The zero-order valence-corrected chi connectivity index (χ0v) is 13.9. The number of rotatable bonds is 2. The minimum Gasteiger partial charge on any atom is -0.373 e. The molecule has 0 aliphatic carbocycles. The van der Waals surface area contributed by atoms with Crippen LogP contribution in [0.25, 0.3) is 0 Å². The Bertz CT molecular complexity index is 512. The Morgan fingerprint density at radius 1 is 1.33 bits per heavy atom. The van der Waals surface area contributed by atoms with Gasteiger partial charge in [0.25, 0.3) is 0 Å². The molecule has 2 fully saturated rings. The average Bonchev–Trinajstić information content (AvgIpc) is 2.80. The number of likely N-dealkylation sites (tertiary alicyclic amines) is 1. The monoisotopic (exact) mass is 328 g/mol. The lowest BCUT2D eigenvalue weighted by atomic mass is 9.87. The molecule has 0 radical (unpaired) electrons. The van der Waals surface area contributed by atoms with Gasteiger partial charge in [-0.1, -0.05) is 11.6 Å². The fourth-order valence-corrected chi connectivity index (χ4v) is 4.21. The number of hydrogen-bond acceptors (Lipinski definition) is 4. The van der Waals surface area contributed by atoms with Crippen molar-refractivity contribution < 1.29 is 9.53 Å². The number of amides is 1. The van der Waals surface area contributed by atoms with E-state index in [2.05, 4.69) is 11.0 Å². The van der Waals surface area contributed by atoms with Gasteiger partial charge in [0.1, 0.15) is 0 Å². The van der Waals surface area contributed by atoms with E-state index in [0.29, 0.717) is 19.6 Å². The van der Waals surface area contributed by atoms with E-state index < -0.39 is 0 Å². The number of carbonyl (C=O) groups excluding carboxylic acids is 1. The van der Waals surface area contributed by atoms with Crippen LogP contribution in [0.5, 0.6) is 0 Å². The largest absolute Gasteiger partial charge is 0.373 e. The summed E-state index contributed by atoms with van der Waals surface area (Å²) in [5, 5.41) is 0. The molecule has 0 aromatic carbocycles. The van der Waals surface area contributed by atoms with Crippen LogP contribution >= 0.6 is 22.9 Å². The maximum atomic E-state index is 12.1. The Balaban J connectivity index is 1.57. The second-order valence-corrected chi connectivity index (χ2v) is 7.81. The topological polar surface area (TPSA) is 32.8 Å². The summed E-state index contributed by atoms with van der Waals surface area (Å²) < 4.78 is 6.91. The molecule has 4 nitrogen and oxygen atoms in total. The maximum absolute atomic E-state index is 12.1. The molecule has 0 saturated carbocycles. The van der Waals surface area contributed by atoms with Gasteiger partial charge in [-0.25, -0.2) is 0 Å². The second-order valence-electron chi connectivity index (χ2n) is 6.01. The fraction of sp³-hybridized carbons (Fsp3) is 0.667. The van der Waals surface area contributed by atoms with Gasteiger partial charge in [0.2, 0.25) is 5.91 Å². The van der Waals surface area contributed by atoms with E-state index in [1.54, 1.807) is 16.2 Å². The molecule has 2 aliphatic heterocycles. The first-order valence-corrected chi connectivity index (χ1v) is 8.60. The van der Waals surface area contributed by atoms with Crippen LogP contribution < -0.4 is 0 Å². The third kappa shape index (κ3) is 3.59. The van der Waals surface area contributed by atoms with Gasteiger partial charge >= 0.3 is 0 Å². The zero-order chi connectivity index (χ0) is 14.9. The van der Waals surface area contributed by atoms with Crippen molar-refractivity contribution in [3.63, 3.8) is 0 Å². The minimum absolute atomic E-state index is 0.214. The van der Waals surface area contributed by atoms with Crippen molar-refractivity contribution in [1.29, 1.82) is 0 Å². The van der Waals surface area contributed by atoms with Gasteiger partial charge < -0.3 is 9.64 Å². The summed E-state index contributed by atoms with van der Waals surface area (Å²) in [7, 11) is 1.86. The molecule has 1 aromatic heterocycles. The van der Waals surface area contributed by atoms with Gasteiger partial charge in [-0.2, -0.15) is 0 Å². The lowest BCUT2D eigenvalue weighted by Gasteiger charge is -2.40. The number of halogens is 1. The van der Waals surface area contributed by atoms with E-state index in [4.69, 9.17) is 16.3 Å². The van der Waals surface area contributed by atoms with Crippen LogP contribution in [0.15, 0.2) is 12.1 Å². The average molecular weight is 329 g/mol. The second kappa shape index (κ2) is 6.24. The molecule has 3 rings (SSSR count). The van der Waals surface area contributed by atoms with Crippen molar-refractivity contribution in [2.45, 2.75) is 31.4 Å². The Morgan fingerprint density at radius 2 is 2.10 bits per heavy atom. The molecule has 0 N–H and O–H groups in total. The highest BCUT2D eigenvalue weighted by Crippen LogP contribution is 2.33. The van der Waals surface area contributed by atoms with Crippen LogP contribution in [0.3, 0.4) is 0 Å². The van der Waals surface area contributed by atoms with Crippen LogP contribution in [0.1, 0.15) is 24.1 Å². The Labute approximate surface area is 134 Å². The summed E-state index contributed by atoms with van der Waals surface area (Å²) in [6.07, 6.45) is 2.40. The predicted octanol–water partition coefficient (Wildman–Crippen LogP) is 2.61. The first-order valence-electron chi connectivity index (χ1n) is 7.41. The lowest BCUT2D eigenvalue weighted by molar-refractivity contribution is -0.134. The zero-order valence-electron chi connectivity index (χ0n) is 12.3. The number of piperidine rings is 1. The number of hydrogen-bond donors (Lipinski definition) is 0. The Kier molecular flexibility index (Phi) is 4.54. The molecule has 1 spiro atoms. The predicted molar refractivity (Wildman–Crippen MR) is 84.8 cm³/mol. The molecule has 0 unspecified atom stereocenters. The molecule has 2 aliphatic rings. The molecule has 1 amide bonds.